The molecule has 0 saturated carbocycles. The van der Waals surface area contributed by atoms with Crippen molar-refractivity contribution < 1.29 is 4.74 Å². The van der Waals surface area contributed by atoms with E-state index in [1.54, 1.807) is 0 Å². The van der Waals surface area contributed by atoms with E-state index >= 15 is 0 Å². The Bertz CT molecular complexity index is 381. The fraction of sp³-hybridized carbons (Fsp3) is 0.600. The number of hydrogen-bond donors (Lipinski definition) is 1. The van der Waals surface area contributed by atoms with Crippen LogP contribution in [-0.2, 0) is 6.42 Å². The van der Waals surface area contributed by atoms with Crippen molar-refractivity contribution in [1.29, 1.82) is 0 Å². The van der Waals surface area contributed by atoms with Crippen molar-refractivity contribution in [2.24, 2.45) is 0 Å². The zero-order valence-electron chi connectivity index (χ0n) is 11.4. The first-order valence-electron chi connectivity index (χ1n) is 6.83. The van der Waals surface area contributed by atoms with Crippen molar-refractivity contribution >= 4 is 11.8 Å². The fourth-order valence-corrected chi connectivity index (χ4v) is 2.85. The molecule has 1 aliphatic heterocycles. The van der Waals surface area contributed by atoms with E-state index < -0.39 is 0 Å². The van der Waals surface area contributed by atoms with Crippen LogP contribution < -0.4 is 10.1 Å². The van der Waals surface area contributed by atoms with Gasteiger partial charge in [-0.1, -0.05) is 19.1 Å². The largest absolute Gasteiger partial charge is 0.493 e. The summed E-state index contributed by atoms with van der Waals surface area (Å²) in [5.74, 6) is 2.32. The van der Waals surface area contributed by atoms with Gasteiger partial charge in [-0.3, -0.25) is 0 Å². The highest BCUT2D eigenvalue weighted by atomic mass is 32.2. The monoisotopic (exact) mass is 265 g/mol. The van der Waals surface area contributed by atoms with Crippen molar-refractivity contribution in [3.05, 3.63) is 29.3 Å². The van der Waals surface area contributed by atoms with Gasteiger partial charge in [0.1, 0.15) is 5.75 Å². The third-order valence-electron chi connectivity index (χ3n) is 3.44. The van der Waals surface area contributed by atoms with Crippen LogP contribution in [0, 0.1) is 0 Å². The summed E-state index contributed by atoms with van der Waals surface area (Å²) in [5.41, 5.74) is 2.78. The van der Waals surface area contributed by atoms with Gasteiger partial charge in [0.2, 0.25) is 0 Å². The molecule has 1 unspecified atom stereocenters. The van der Waals surface area contributed by atoms with E-state index in [4.69, 9.17) is 4.74 Å². The number of rotatable bonds is 7. The van der Waals surface area contributed by atoms with Crippen molar-refractivity contribution in [3.8, 4) is 5.75 Å². The van der Waals surface area contributed by atoms with Crippen LogP contribution in [0.5, 0.6) is 5.75 Å². The molecule has 0 aromatic heterocycles. The minimum Gasteiger partial charge on any atom is -0.493 e. The van der Waals surface area contributed by atoms with Gasteiger partial charge in [0.15, 0.2) is 0 Å². The zero-order chi connectivity index (χ0) is 12.8. The number of benzene rings is 1. The van der Waals surface area contributed by atoms with E-state index in [2.05, 4.69) is 36.7 Å². The summed E-state index contributed by atoms with van der Waals surface area (Å²) in [4.78, 5) is 0. The van der Waals surface area contributed by atoms with Crippen molar-refractivity contribution in [2.75, 3.05) is 25.2 Å². The molecule has 1 aromatic rings. The molecule has 2 rings (SSSR count). The second kappa shape index (κ2) is 7.05. The van der Waals surface area contributed by atoms with Crippen LogP contribution in [0.15, 0.2) is 18.2 Å². The Balaban J connectivity index is 1.94. The third-order valence-corrected chi connectivity index (χ3v) is 4.14. The molecule has 1 aliphatic rings. The van der Waals surface area contributed by atoms with Crippen LogP contribution in [-0.4, -0.2) is 25.2 Å². The van der Waals surface area contributed by atoms with Crippen molar-refractivity contribution in [3.63, 3.8) is 0 Å². The van der Waals surface area contributed by atoms with Gasteiger partial charge in [0.25, 0.3) is 0 Å². The predicted molar refractivity (Wildman–Crippen MR) is 79.7 cm³/mol. The van der Waals surface area contributed by atoms with Gasteiger partial charge < -0.3 is 10.1 Å². The summed E-state index contributed by atoms with van der Waals surface area (Å²) in [6.07, 6.45) is 5.61. The molecule has 0 saturated heterocycles. The highest BCUT2D eigenvalue weighted by Gasteiger charge is 2.15. The van der Waals surface area contributed by atoms with Crippen LogP contribution in [0.4, 0.5) is 0 Å². The first-order chi connectivity index (χ1) is 8.85. The topological polar surface area (TPSA) is 21.3 Å². The number of thioether (sulfide) groups is 1. The van der Waals surface area contributed by atoms with Gasteiger partial charge >= 0.3 is 0 Å². The summed E-state index contributed by atoms with van der Waals surface area (Å²) in [5, 5.41) is 3.66. The Morgan fingerprint density at radius 1 is 1.44 bits per heavy atom. The van der Waals surface area contributed by atoms with E-state index in [1.807, 2.05) is 11.8 Å². The molecule has 3 heteroatoms. The number of ether oxygens (including phenoxy) is 1. The summed E-state index contributed by atoms with van der Waals surface area (Å²) >= 11 is 1.92. The molecule has 0 amide bonds. The van der Waals surface area contributed by atoms with Gasteiger partial charge in [-0.05, 0) is 48.6 Å². The van der Waals surface area contributed by atoms with Gasteiger partial charge in [-0.2, -0.15) is 11.8 Å². The standard InChI is InChI=1S/C15H23NOS/c1-3-14(16-8-4-10-18-2)12-5-6-15-13(11-12)7-9-17-15/h5-6,11,14,16H,3-4,7-10H2,1-2H3. The SMILES string of the molecule is CCC(NCCCSC)c1ccc2c(c1)CCO2. The third kappa shape index (κ3) is 3.42. The molecule has 1 atom stereocenters. The van der Waals surface area contributed by atoms with E-state index in [-0.39, 0.29) is 0 Å². The number of hydrogen-bond acceptors (Lipinski definition) is 3. The molecule has 0 bridgehead atoms. The Labute approximate surface area is 114 Å². The molecule has 1 N–H and O–H groups in total. The van der Waals surface area contributed by atoms with E-state index in [0.717, 1.165) is 31.7 Å². The van der Waals surface area contributed by atoms with E-state index in [9.17, 15) is 0 Å². The lowest BCUT2D eigenvalue weighted by atomic mass is 10.0. The lowest BCUT2D eigenvalue weighted by Gasteiger charge is -2.18. The molecule has 0 fully saturated rings. The molecule has 0 aliphatic carbocycles. The maximum atomic E-state index is 5.56. The highest BCUT2D eigenvalue weighted by molar-refractivity contribution is 7.98. The summed E-state index contributed by atoms with van der Waals surface area (Å²) in [6.45, 7) is 4.19. The van der Waals surface area contributed by atoms with Crippen LogP contribution in [0.1, 0.15) is 36.9 Å². The molecule has 18 heavy (non-hydrogen) atoms. The fourth-order valence-electron chi connectivity index (χ4n) is 2.41. The molecule has 0 radical (unpaired) electrons. The van der Waals surface area contributed by atoms with Crippen LogP contribution in [0.3, 0.4) is 0 Å². The summed E-state index contributed by atoms with van der Waals surface area (Å²) < 4.78 is 5.56. The number of nitrogens with one attached hydrogen (secondary N) is 1. The number of fused-ring (bicyclic) bond motifs is 1. The second-order valence-electron chi connectivity index (χ2n) is 4.73. The van der Waals surface area contributed by atoms with Crippen LogP contribution in [0.25, 0.3) is 0 Å². The van der Waals surface area contributed by atoms with Crippen molar-refractivity contribution in [2.45, 2.75) is 32.2 Å². The second-order valence-corrected chi connectivity index (χ2v) is 5.71. The molecule has 2 nitrogen and oxygen atoms in total. The average Bonchev–Trinajstić information content (AvgIpc) is 2.86. The Morgan fingerprint density at radius 2 is 2.33 bits per heavy atom. The van der Waals surface area contributed by atoms with E-state index in [0.29, 0.717) is 6.04 Å². The quantitative estimate of drug-likeness (QED) is 0.763. The van der Waals surface area contributed by atoms with E-state index in [1.165, 1.54) is 23.3 Å². The van der Waals surface area contributed by atoms with Gasteiger partial charge in [0, 0.05) is 12.5 Å². The van der Waals surface area contributed by atoms with Gasteiger partial charge in [-0.15, -0.1) is 0 Å². The smallest absolute Gasteiger partial charge is 0.122 e. The molecule has 1 aromatic carbocycles. The molecule has 1 heterocycles. The highest BCUT2D eigenvalue weighted by Crippen LogP contribution is 2.29. The predicted octanol–water partition coefficient (Wildman–Crippen LogP) is 3.42. The summed E-state index contributed by atoms with van der Waals surface area (Å²) in [6, 6.07) is 7.14. The Morgan fingerprint density at radius 3 is 3.11 bits per heavy atom. The van der Waals surface area contributed by atoms with Gasteiger partial charge in [0.05, 0.1) is 6.61 Å². The minimum atomic E-state index is 0.484. The minimum absolute atomic E-state index is 0.484. The average molecular weight is 265 g/mol. The maximum absolute atomic E-state index is 5.56. The first-order valence-corrected chi connectivity index (χ1v) is 8.22. The van der Waals surface area contributed by atoms with Crippen LogP contribution in [0.2, 0.25) is 0 Å². The molecular weight excluding hydrogens is 242 g/mol. The molecular formula is C15H23NOS. The maximum Gasteiger partial charge on any atom is 0.122 e. The molecule has 0 spiro atoms. The normalized spacial score (nSPS) is 15.2. The summed E-state index contributed by atoms with van der Waals surface area (Å²) in [7, 11) is 0. The Hall–Kier alpha value is -0.670. The van der Waals surface area contributed by atoms with Crippen LogP contribution >= 0.6 is 11.8 Å². The lowest BCUT2D eigenvalue weighted by Crippen LogP contribution is -2.22. The first kappa shape index (κ1) is 13.8. The molecule has 100 valence electrons. The Kier molecular flexibility index (Phi) is 5.39. The van der Waals surface area contributed by atoms with Crippen molar-refractivity contribution in [1.82, 2.24) is 5.32 Å². The zero-order valence-corrected chi connectivity index (χ0v) is 12.2. The van der Waals surface area contributed by atoms with Gasteiger partial charge in [-0.25, -0.2) is 0 Å². The lowest BCUT2D eigenvalue weighted by molar-refractivity contribution is 0.356.